The average Bonchev–Trinajstić information content (AvgIpc) is 2.35. The number of hydrogen-bond donors (Lipinski definition) is 1. The molecule has 3 nitrogen and oxygen atoms in total. The van der Waals surface area contributed by atoms with Gasteiger partial charge in [0.05, 0.1) is 12.2 Å². The fraction of sp³-hybridized carbons (Fsp3) is 1.00. The summed E-state index contributed by atoms with van der Waals surface area (Å²) in [5, 5.41) is 9.72. The molecule has 1 saturated carbocycles. The first-order chi connectivity index (χ1) is 5.99. The molecule has 0 bridgehead atoms. The largest absolute Gasteiger partial charge is 0.390 e. The topological polar surface area (TPSA) is 38.7 Å². The van der Waals surface area contributed by atoms with Crippen molar-refractivity contribution in [1.82, 2.24) is 0 Å². The zero-order valence-electron chi connectivity index (χ0n) is 8.49. The van der Waals surface area contributed by atoms with Crippen LogP contribution < -0.4 is 0 Å². The molecule has 1 heterocycles. The van der Waals surface area contributed by atoms with Crippen molar-refractivity contribution in [1.29, 1.82) is 0 Å². The van der Waals surface area contributed by atoms with Gasteiger partial charge in [0, 0.05) is 0 Å². The summed E-state index contributed by atoms with van der Waals surface area (Å²) in [5.74, 6) is -0.0234. The van der Waals surface area contributed by atoms with Gasteiger partial charge in [-0.05, 0) is 32.6 Å². The van der Waals surface area contributed by atoms with E-state index in [4.69, 9.17) is 9.47 Å². The molecule has 2 rings (SSSR count). The fourth-order valence-corrected chi connectivity index (χ4v) is 2.32. The number of aliphatic hydroxyl groups is 1. The molecule has 3 heteroatoms. The van der Waals surface area contributed by atoms with Crippen LogP contribution in [0.15, 0.2) is 0 Å². The van der Waals surface area contributed by atoms with Gasteiger partial charge in [0.2, 0.25) is 0 Å². The van der Waals surface area contributed by atoms with Crippen LogP contribution >= 0.6 is 0 Å². The number of rotatable bonds is 0. The van der Waals surface area contributed by atoms with Crippen LogP contribution in [0.5, 0.6) is 0 Å². The lowest BCUT2D eigenvalue weighted by molar-refractivity contribution is -0.154. The molecule has 1 N–H and O–H groups in total. The summed E-state index contributed by atoms with van der Waals surface area (Å²) >= 11 is 0. The molecule has 2 aliphatic rings. The summed E-state index contributed by atoms with van der Waals surface area (Å²) in [5.41, 5.74) is 0. The van der Waals surface area contributed by atoms with Gasteiger partial charge in [0.1, 0.15) is 6.10 Å². The minimum absolute atomic E-state index is 0.0822. The van der Waals surface area contributed by atoms with Gasteiger partial charge >= 0.3 is 0 Å². The van der Waals surface area contributed by atoms with Crippen LogP contribution in [0.25, 0.3) is 0 Å². The van der Waals surface area contributed by atoms with Crippen molar-refractivity contribution < 1.29 is 14.6 Å². The Balaban J connectivity index is 2.14. The zero-order valence-corrected chi connectivity index (χ0v) is 8.49. The molecule has 4 atom stereocenters. The third-order valence-electron chi connectivity index (χ3n) is 3.02. The molecule has 0 aromatic carbocycles. The van der Waals surface area contributed by atoms with E-state index in [2.05, 4.69) is 6.92 Å². The molecule has 1 aliphatic heterocycles. The van der Waals surface area contributed by atoms with Crippen LogP contribution in [0.1, 0.15) is 33.6 Å². The summed E-state index contributed by atoms with van der Waals surface area (Å²) < 4.78 is 11.4. The Morgan fingerprint density at radius 1 is 1.15 bits per heavy atom. The smallest absolute Gasteiger partial charge is 0.163 e. The second-order valence-corrected chi connectivity index (χ2v) is 4.69. The summed E-state index contributed by atoms with van der Waals surface area (Å²) in [6.07, 6.45) is 1.49. The molecule has 1 aliphatic carbocycles. The Morgan fingerprint density at radius 2 is 1.77 bits per heavy atom. The van der Waals surface area contributed by atoms with Crippen LogP contribution in [0.4, 0.5) is 0 Å². The van der Waals surface area contributed by atoms with Crippen LogP contribution in [-0.4, -0.2) is 29.2 Å². The first-order valence-corrected chi connectivity index (χ1v) is 5.03. The molecule has 0 unspecified atom stereocenters. The minimum atomic E-state index is -0.519. The second-order valence-electron chi connectivity index (χ2n) is 4.69. The lowest BCUT2D eigenvalue weighted by Crippen LogP contribution is -2.43. The number of hydrogen-bond acceptors (Lipinski definition) is 3. The van der Waals surface area contributed by atoms with Crippen LogP contribution in [-0.2, 0) is 9.47 Å². The Morgan fingerprint density at radius 3 is 2.38 bits per heavy atom. The van der Waals surface area contributed by atoms with Crippen molar-refractivity contribution in [3.05, 3.63) is 0 Å². The SMILES string of the molecule is C[C@H]1CC[C@H](O)[C@H]2OC(C)(C)O[C@H]21. The standard InChI is InChI=1S/C10H18O3/c1-6-4-5-7(11)9-8(6)12-10(2,3)13-9/h6-9,11H,4-5H2,1-3H3/t6-,7-,8-,9+/m0/s1. The highest BCUT2D eigenvalue weighted by atomic mass is 16.8. The van der Waals surface area contributed by atoms with Gasteiger partial charge in [-0.15, -0.1) is 0 Å². The maximum absolute atomic E-state index is 9.72. The summed E-state index contributed by atoms with van der Waals surface area (Å²) in [6, 6.07) is 0. The highest BCUT2D eigenvalue weighted by Crippen LogP contribution is 2.39. The summed E-state index contributed by atoms with van der Waals surface area (Å²) in [4.78, 5) is 0. The van der Waals surface area contributed by atoms with Gasteiger partial charge in [-0.2, -0.15) is 0 Å². The Bertz CT molecular complexity index is 182. The lowest BCUT2D eigenvalue weighted by atomic mass is 9.84. The third-order valence-corrected chi connectivity index (χ3v) is 3.02. The van der Waals surface area contributed by atoms with Gasteiger partial charge in [0.15, 0.2) is 5.79 Å². The number of ether oxygens (including phenoxy) is 2. The average molecular weight is 186 g/mol. The van der Waals surface area contributed by atoms with Crippen LogP contribution in [0, 0.1) is 5.92 Å². The first kappa shape index (κ1) is 9.44. The third kappa shape index (κ3) is 1.60. The second kappa shape index (κ2) is 2.94. The van der Waals surface area contributed by atoms with E-state index in [0.29, 0.717) is 5.92 Å². The van der Waals surface area contributed by atoms with E-state index in [0.717, 1.165) is 12.8 Å². The van der Waals surface area contributed by atoms with Crippen molar-refractivity contribution in [2.45, 2.75) is 57.7 Å². The predicted octanol–water partition coefficient (Wildman–Crippen LogP) is 1.30. The highest BCUT2D eigenvalue weighted by molar-refractivity contribution is 4.93. The van der Waals surface area contributed by atoms with Crippen molar-refractivity contribution in [2.24, 2.45) is 5.92 Å². The van der Waals surface area contributed by atoms with E-state index < -0.39 is 5.79 Å². The quantitative estimate of drug-likeness (QED) is 0.619. The lowest BCUT2D eigenvalue weighted by Gasteiger charge is -2.32. The van der Waals surface area contributed by atoms with Crippen molar-refractivity contribution >= 4 is 0 Å². The molecule has 1 saturated heterocycles. The zero-order chi connectivity index (χ0) is 9.64. The number of fused-ring (bicyclic) bond motifs is 1. The van der Waals surface area contributed by atoms with E-state index in [1.54, 1.807) is 0 Å². The molecule has 76 valence electrons. The van der Waals surface area contributed by atoms with E-state index in [-0.39, 0.29) is 18.3 Å². The molecule has 13 heavy (non-hydrogen) atoms. The predicted molar refractivity (Wildman–Crippen MR) is 48.2 cm³/mol. The Hall–Kier alpha value is -0.120. The van der Waals surface area contributed by atoms with E-state index in [1.165, 1.54) is 0 Å². The molecular weight excluding hydrogens is 168 g/mol. The molecule has 0 amide bonds. The van der Waals surface area contributed by atoms with Gasteiger partial charge in [-0.25, -0.2) is 0 Å². The van der Waals surface area contributed by atoms with Crippen molar-refractivity contribution in [2.75, 3.05) is 0 Å². The van der Waals surface area contributed by atoms with Gasteiger partial charge in [-0.1, -0.05) is 6.92 Å². The van der Waals surface area contributed by atoms with Gasteiger partial charge < -0.3 is 14.6 Å². The molecule has 0 spiro atoms. The monoisotopic (exact) mass is 186 g/mol. The molecular formula is C10H18O3. The fourth-order valence-electron chi connectivity index (χ4n) is 2.32. The van der Waals surface area contributed by atoms with Crippen LogP contribution in [0.3, 0.4) is 0 Å². The minimum Gasteiger partial charge on any atom is -0.390 e. The normalized spacial score (nSPS) is 48.9. The van der Waals surface area contributed by atoms with E-state index in [1.807, 2.05) is 13.8 Å². The Labute approximate surface area is 79.0 Å². The Kier molecular flexibility index (Phi) is 2.13. The summed E-state index contributed by atoms with van der Waals surface area (Å²) in [7, 11) is 0. The number of aliphatic hydroxyl groups excluding tert-OH is 1. The van der Waals surface area contributed by atoms with Crippen molar-refractivity contribution in [3.63, 3.8) is 0 Å². The van der Waals surface area contributed by atoms with E-state index in [9.17, 15) is 5.11 Å². The molecule has 2 fully saturated rings. The maximum Gasteiger partial charge on any atom is 0.163 e. The van der Waals surface area contributed by atoms with Gasteiger partial charge in [-0.3, -0.25) is 0 Å². The molecule has 0 aromatic heterocycles. The van der Waals surface area contributed by atoms with Crippen molar-refractivity contribution in [3.8, 4) is 0 Å². The molecule has 0 aromatic rings. The highest BCUT2D eigenvalue weighted by Gasteiger charge is 2.49. The summed E-state index contributed by atoms with van der Waals surface area (Å²) in [6.45, 7) is 5.98. The molecule has 0 radical (unpaired) electrons. The maximum atomic E-state index is 9.72. The van der Waals surface area contributed by atoms with E-state index >= 15 is 0 Å². The van der Waals surface area contributed by atoms with Gasteiger partial charge in [0.25, 0.3) is 0 Å². The first-order valence-electron chi connectivity index (χ1n) is 5.03. The van der Waals surface area contributed by atoms with Crippen LogP contribution in [0.2, 0.25) is 0 Å².